The summed E-state index contributed by atoms with van der Waals surface area (Å²) >= 11 is 0. The minimum Gasteiger partial charge on any atom is -0.448 e. The molecular formula is C11H8N2O. The summed E-state index contributed by atoms with van der Waals surface area (Å²) in [4.78, 5) is 8.13. The molecule has 0 aliphatic rings. The van der Waals surface area contributed by atoms with Crippen molar-refractivity contribution in [3.8, 4) is 11.8 Å². The number of hydrogen-bond acceptors (Lipinski definition) is 3. The molecule has 68 valence electrons. The fourth-order valence-corrected chi connectivity index (χ4v) is 0.986. The number of pyridine rings is 1. The molecule has 2 rings (SSSR count). The lowest BCUT2D eigenvalue weighted by Gasteiger charge is -1.84. The number of nitrogens with zero attached hydrogens (tertiary/aromatic N) is 2. The molecule has 2 aromatic heterocycles. The van der Waals surface area contributed by atoms with Crippen LogP contribution in [-0.2, 0) is 0 Å². The van der Waals surface area contributed by atoms with Crippen molar-refractivity contribution >= 4 is 0 Å². The Kier molecular flexibility index (Phi) is 2.28. The molecule has 0 amide bonds. The number of oxazole rings is 1. The first-order chi connectivity index (χ1) is 6.84. The lowest BCUT2D eigenvalue weighted by atomic mass is 10.3. The molecule has 0 aliphatic heterocycles. The molecule has 2 heterocycles. The highest BCUT2D eigenvalue weighted by atomic mass is 16.3. The fraction of sp³-hybridized carbons (Fsp3) is 0.0909. The van der Waals surface area contributed by atoms with Gasteiger partial charge in [-0.3, -0.25) is 0 Å². The summed E-state index contributed by atoms with van der Waals surface area (Å²) in [6, 6.07) is 5.59. The molecule has 0 saturated carbocycles. The van der Waals surface area contributed by atoms with Gasteiger partial charge in [-0.2, -0.15) is 0 Å². The normalized spacial score (nSPS) is 9.21. The summed E-state index contributed by atoms with van der Waals surface area (Å²) < 4.78 is 5.02. The van der Waals surface area contributed by atoms with Crippen molar-refractivity contribution in [1.29, 1.82) is 0 Å². The van der Waals surface area contributed by atoms with E-state index in [0.29, 0.717) is 11.6 Å². The minimum absolute atomic E-state index is 0.621. The predicted octanol–water partition coefficient (Wildman–Crippen LogP) is 1.78. The zero-order valence-electron chi connectivity index (χ0n) is 7.69. The lowest BCUT2D eigenvalue weighted by molar-refractivity contribution is 0.521. The average molecular weight is 184 g/mol. The quantitative estimate of drug-likeness (QED) is 0.586. The van der Waals surface area contributed by atoms with E-state index in [1.807, 2.05) is 18.2 Å². The molecule has 0 aliphatic carbocycles. The van der Waals surface area contributed by atoms with Crippen molar-refractivity contribution < 1.29 is 4.42 Å². The third-order valence-corrected chi connectivity index (χ3v) is 1.60. The van der Waals surface area contributed by atoms with Crippen LogP contribution in [0.15, 0.2) is 35.1 Å². The number of aromatic nitrogens is 2. The predicted molar refractivity (Wildman–Crippen MR) is 51.5 cm³/mol. The second-order valence-electron chi connectivity index (χ2n) is 2.72. The van der Waals surface area contributed by atoms with Crippen LogP contribution in [0.1, 0.15) is 17.3 Å². The average Bonchev–Trinajstić information content (AvgIpc) is 2.63. The first-order valence-corrected chi connectivity index (χ1v) is 4.20. The molecule has 0 spiro atoms. The monoisotopic (exact) mass is 184 g/mol. The maximum absolute atomic E-state index is 5.02. The smallest absolute Gasteiger partial charge is 0.192 e. The summed E-state index contributed by atoms with van der Waals surface area (Å²) in [5, 5.41) is 0. The largest absolute Gasteiger partial charge is 0.448 e. The third kappa shape index (κ3) is 1.99. The molecule has 14 heavy (non-hydrogen) atoms. The van der Waals surface area contributed by atoms with Gasteiger partial charge in [0.1, 0.15) is 12.0 Å². The Morgan fingerprint density at radius 1 is 1.21 bits per heavy atom. The van der Waals surface area contributed by atoms with E-state index in [2.05, 4.69) is 21.8 Å². The van der Waals surface area contributed by atoms with Crippen LogP contribution in [0.25, 0.3) is 0 Å². The van der Waals surface area contributed by atoms with E-state index in [-0.39, 0.29) is 0 Å². The van der Waals surface area contributed by atoms with Crippen molar-refractivity contribution in [2.45, 2.75) is 6.92 Å². The highest BCUT2D eigenvalue weighted by Crippen LogP contribution is 1.98. The Hall–Kier alpha value is -2.08. The molecule has 0 bridgehead atoms. The van der Waals surface area contributed by atoms with Crippen molar-refractivity contribution in [1.82, 2.24) is 9.97 Å². The van der Waals surface area contributed by atoms with E-state index in [1.165, 1.54) is 6.26 Å². The van der Waals surface area contributed by atoms with E-state index in [0.717, 1.165) is 5.69 Å². The van der Waals surface area contributed by atoms with Crippen molar-refractivity contribution in [2.75, 3.05) is 0 Å². The van der Waals surface area contributed by atoms with Gasteiger partial charge in [-0.1, -0.05) is 6.07 Å². The van der Waals surface area contributed by atoms with Crippen LogP contribution >= 0.6 is 0 Å². The van der Waals surface area contributed by atoms with Crippen LogP contribution in [0, 0.1) is 18.8 Å². The van der Waals surface area contributed by atoms with E-state index < -0.39 is 0 Å². The molecular weight excluding hydrogens is 176 g/mol. The maximum atomic E-state index is 5.02. The van der Waals surface area contributed by atoms with E-state index >= 15 is 0 Å². The standard InChI is InChI=1S/C11H8N2O/c1-9-13-11(8-14-9)6-5-10-4-2-3-7-12-10/h2-4,7-8H,1H3. The Balaban J connectivity index is 2.23. The highest BCUT2D eigenvalue weighted by Gasteiger charge is 1.93. The molecule has 0 unspecified atom stereocenters. The van der Waals surface area contributed by atoms with Gasteiger partial charge in [-0.05, 0) is 24.0 Å². The number of aryl methyl sites for hydroxylation is 1. The molecule has 0 aromatic carbocycles. The van der Waals surface area contributed by atoms with Crippen molar-refractivity contribution in [3.63, 3.8) is 0 Å². The molecule has 2 aromatic rings. The van der Waals surface area contributed by atoms with Gasteiger partial charge in [-0.25, -0.2) is 9.97 Å². The van der Waals surface area contributed by atoms with Crippen LogP contribution in [0.5, 0.6) is 0 Å². The van der Waals surface area contributed by atoms with E-state index in [1.54, 1.807) is 13.1 Å². The summed E-state index contributed by atoms with van der Waals surface area (Å²) in [6.07, 6.45) is 3.24. The van der Waals surface area contributed by atoms with Gasteiger partial charge in [0, 0.05) is 13.1 Å². The van der Waals surface area contributed by atoms with Crippen LogP contribution in [0.2, 0.25) is 0 Å². The maximum Gasteiger partial charge on any atom is 0.192 e. The summed E-state index contributed by atoms with van der Waals surface area (Å²) in [7, 11) is 0. The Morgan fingerprint density at radius 3 is 2.71 bits per heavy atom. The van der Waals surface area contributed by atoms with Crippen LogP contribution in [-0.4, -0.2) is 9.97 Å². The van der Waals surface area contributed by atoms with Crippen LogP contribution in [0.4, 0.5) is 0 Å². The summed E-state index contributed by atoms with van der Waals surface area (Å²) in [5.41, 5.74) is 1.36. The number of rotatable bonds is 0. The fourth-order valence-electron chi connectivity index (χ4n) is 0.986. The van der Waals surface area contributed by atoms with Gasteiger partial charge >= 0.3 is 0 Å². The SMILES string of the molecule is Cc1nc(C#Cc2ccccn2)co1. The van der Waals surface area contributed by atoms with Gasteiger partial charge in [0.15, 0.2) is 11.6 Å². The van der Waals surface area contributed by atoms with Gasteiger partial charge in [0.2, 0.25) is 0 Å². The Labute approximate surface area is 81.8 Å². The summed E-state index contributed by atoms with van der Waals surface area (Å²) in [6.45, 7) is 1.78. The second kappa shape index (κ2) is 3.75. The molecule has 3 heteroatoms. The topological polar surface area (TPSA) is 38.9 Å². The molecule has 3 nitrogen and oxygen atoms in total. The minimum atomic E-state index is 0.621. The zero-order chi connectivity index (χ0) is 9.80. The number of hydrogen-bond donors (Lipinski definition) is 0. The van der Waals surface area contributed by atoms with Gasteiger partial charge < -0.3 is 4.42 Å². The van der Waals surface area contributed by atoms with E-state index in [9.17, 15) is 0 Å². The molecule has 0 N–H and O–H groups in total. The first-order valence-electron chi connectivity index (χ1n) is 4.20. The molecule has 0 atom stereocenters. The second-order valence-corrected chi connectivity index (χ2v) is 2.72. The van der Waals surface area contributed by atoms with Crippen LogP contribution < -0.4 is 0 Å². The first kappa shape index (κ1) is 8.52. The third-order valence-electron chi connectivity index (χ3n) is 1.60. The zero-order valence-corrected chi connectivity index (χ0v) is 7.69. The summed E-state index contributed by atoms with van der Waals surface area (Å²) in [5.74, 6) is 6.38. The molecule has 0 fully saturated rings. The van der Waals surface area contributed by atoms with Gasteiger partial charge in [0.25, 0.3) is 0 Å². The highest BCUT2D eigenvalue weighted by molar-refractivity contribution is 5.34. The molecule has 0 saturated heterocycles. The molecule has 0 radical (unpaired) electrons. The van der Waals surface area contributed by atoms with Crippen LogP contribution in [0.3, 0.4) is 0 Å². The Bertz CT molecular complexity index is 477. The van der Waals surface area contributed by atoms with Gasteiger partial charge in [-0.15, -0.1) is 0 Å². The lowest BCUT2D eigenvalue weighted by Crippen LogP contribution is -1.79. The van der Waals surface area contributed by atoms with Gasteiger partial charge in [0.05, 0.1) is 0 Å². The van der Waals surface area contributed by atoms with E-state index in [4.69, 9.17) is 4.42 Å². The Morgan fingerprint density at radius 2 is 2.07 bits per heavy atom. The van der Waals surface area contributed by atoms with Crippen molar-refractivity contribution in [2.24, 2.45) is 0 Å². The van der Waals surface area contributed by atoms with Crippen molar-refractivity contribution in [3.05, 3.63) is 47.9 Å².